The van der Waals surface area contributed by atoms with E-state index in [1.807, 2.05) is 6.92 Å². The van der Waals surface area contributed by atoms with Gasteiger partial charge in [-0.05, 0) is 18.3 Å². The molecule has 9 heavy (non-hydrogen) atoms. The number of rotatable bonds is 2. The molecule has 0 fully saturated rings. The second-order valence-corrected chi connectivity index (χ2v) is 3.83. The zero-order valence-electron chi connectivity index (χ0n) is 6.94. The van der Waals surface area contributed by atoms with Crippen LogP contribution >= 0.6 is 0 Å². The first kappa shape index (κ1) is 8.96. The highest BCUT2D eigenvalue weighted by atomic mass is 16.3. The van der Waals surface area contributed by atoms with Crippen LogP contribution in [-0.2, 0) is 0 Å². The van der Waals surface area contributed by atoms with Crippen LogP contribution in [0.5, 0.6) is 0 Å². The zero-order chi connectivity index (χ0) is 7.49. The summed E-state index contributed by atoms with van der Waals surface area (Å²) in [6.45, 7) is 8.44. The minimum atomic E-state index is -0.106. The average Bonchev–Trinajstić information content (AvgIpc) is 1.62. The van der Waals surface area contributed by atoms with Crippen LogP contribution in [0.2, 0.25) is 0 Å². The molecule has 0 amide bonds. The van der Waals surface area contributed by atoms with Gasteiger partial charge in [0.1, 0.15) is 0 Å². The van der Waals surface area contributed by atoms with Gasteiger partial charge in [0, 0.05) is 0 Å². The maximum absolute atomic E-state index is 9.19. The quantitative estimate of drug-likeness (QED) is 0.607. The lowest BCUT2D eigenvalue weighted by molar-refractivity contribution is 0.118. The molecule has 0 aromatic rings. The van der Waals surface area contributed by atoms with Crippen molar-refractivity contribution in [1.29, 1.82) is 0 Å². The Kier molecular flexibility index (Phi) is 3.20. The minimum absolute atomic E-state index is 0.106. The molecule has 1 N–H and O–H groups in total. The fourth-order valence-corrected chi connectivity index (χ4v) is 0.851. The van der Waals surface area contributed by atoms with E-state index in [0.29, 0.717) is 0 Å². The minimum Gasteiger partial charge on any atom is -0.393 e. The third kappa shape index (κ3) is 5.84. The van der Waals surface area contributed by atoms with Gasteiger partial charge in [0.15, 0.2) is 0 Å². The van der Waals surface area contributed by atoms with E-state index in [9.17, 15) is 5.11 Å². The lowest BCUT2D eigenvalue weighted by Crippen LogP contribution is -2.16. The molecule has 56 valence electrons. The Morgan fingerprint density at radius 3 is 1.89 bits per heavy atom. The Bertz CT molecular complexity index is 71.1. The number of hydrogen-bond acceptors (Lipinski definition) is 1. The smallest absolute Gasteiger partial charge is 0.0542 e. The first-order valence-electron chi connectivity index (χ1n) is 3.64. The number of aliphatic hydroxyl groups excluding tert-OH is 1. The molecule has 0 spiro atoms. The summed E-state index contributed by atoms with van der Waals surface area (Å²) in [6.07, 6.45) is 1.67. The van der Waals surface area contributed by atoms with Crippen LogP contribution in [-0.4, -0.2) is 11.2 Å². The molecule has 0 aliphatic carbocycles. The highest BCUT2D eigenvalue weighted by molar-refractivity contribution is 4.66. The van der Waals surface area contributed by atoms with Crippen molar-refractivity contribution >= 4 is 0 Å². The Labute approximate surface area is 58.1 Å². The first-order valence-corrected chi connectivity index (χ1v) is 3.64. The van der Waals surface area contributed by atoms with E-state index in [0.717, 1.165) is 12.8 Å². The Morgan fingerprint density at radius 1 is 1.33 bits per heavy atom. The summed E-state index contributed by atoms with van der Waals surface area (Å²) in [4.78, 5) is 0. The Balaban J connectivity index is 3.47. The molecule has 0 aliphatic heterocycles. The van der Waals surface area contributed by atoms with Crippen LogP contribution < -0.4 is 0 Å². The molecular weight excluding hydrogens is 112 g/mol. The fourth-order valence-electron chi connectivity index (χ4n) is 0.851. The van der Waals surface area contributed by atoms with Gasteiger partial charge in [-0.1, -0.05) is 27.7 Å². The van der Waals surface area contributed by atoms with Crippen LogP contribution in [0.15, 0.2) is 0 Å². The van der Waals surface area contributed by atoms with Gasteiger partial charge < -0.3 is 5.11 Å². The highest BCUT2D eigenvalue weighted by Gasteiger charge is 2.14. The summed E-state index contributed by atoms with van der Waals surface area (Å²) < 4.78 is 0. The van der Waals surface area contributed by atoms with E-state index in [1.165, 1.54) is 0 Å². The van der Waals surface area contributed by atoms with Crippen LogP contribution in [0.1, 0.15) is 40.5 Å². The van der Waals surface area contributed by atoms with Crippen molar-refractivity contribution in [2.75, 3.05) is 0 Å². The molecule has 0 rings (SSSR count). The van der Waals surface area contributed by atoms with Crippen molar-refractivity contribution < 1.29 is 5.11 Å². The summed E-state index contributed by atoms with van der Waals surface area (Å²) >= 11 is 0. The van der Waals surface area contributed by atoms with Gasteiger partial charge in [-0.15, -0.1) is 0 Å². The SMILES string of the molecule is CC[C@H](O)CC(C)(C)C. The largest absolute Gasteiger partial charge is 0.393 e. The van der Waals surface area contributed by atoms with E-state index in [2.05, 4.69) is 20.8 Å². The van der Waals surface area contributed by atoms with Gasteiger partial charge in [0.2, 0.25) is 0 Å². The van der Waals surface area contributed by atoms with Crippen molar-refractivity contribution in [2.45, 2.75) is 46.6 Å². The highest BCUT2D eigenvalue weighted by Crippen LogP contribution is 2.21. The molecule has 0 unspecified atom stereocenters. The maximum atomic E-state index is 9.19. The molecule has 0 saturated carbocycles. The van der Waals surface area contributed by atoms with Crippen molar-refractivity contribution in [2.24, 2.45) is 5.41 Å². The molecule has 0 bridgehead atoms. The van der Waals surface area contributed by atoms with E-state index >= 15 is 0 Å². The first-order chi connectivity index (χ1) is 3.95. The monoisotopic (exact) mass is 130 g/mol. The van der Waals surface area contributed by atoms with Gasteiger partial charge in [0.25, 0.3) is 0 Å². The lowest BCUT2D eigenvalue weighted by Gasteiger charge is -2.20. The normalized spacial score (nSPS) is 15.7. The molecule has 1 nitrogen and oxygen atoms in total. The zero-order valence-corrected chi connectivity index (χ0v) is 6.94. The molecule has 0 heterocycles. The number of hydrogen-bond donors (Lipinski definition) is 1. The van der Waals surface area contributed by atoms with Crippen LogP contribution in [0.3, 0.4) is 0 Å². The van der Waals surface area contributed by atoms with E-state index < -0.39 is 0 Å². The van der Waals surface area contributed by atoms with Crippen molar-refractivity contribution in [3.05, 3.63) is 0 Å². The van der Waals surface area contributed by atoms with E-state index in [4.69, 9.17) is 0 Å². The molecular formula is C8H18O. The molecule has 1 heteroatoms. The van der Waals surface area contributed by atoms with E-state index in [-0.39, 0.29) is 11.5 Å². The van der Waals surface area contributed by atoms with Crippen LogP contribution in [0.4, 0.5) is 0 Å². The second-order valence-electron chi connectivity index (χ2n) is 3.83. The summed E-state index contributed by atoms with van der Waals surface area (Å²) in [7, 11) is 0. The van der Waals surface area contributed by atoms with Gasteiger partial charge in [0.05, 0.1) is 6.10 Å². The van der Waals surface area contributed by atoms with Crippen molar-refractivity contribution in [1.82, 2.24) is 0 Å². The lowest BCUT2D eigenvalue weighted by atomic mass is 9.88. The second kappa shape index (κ2) is 3.21. The van der Waals surface area contributed by atoms with Gasteiger partial charge in [-0.25, -0.2) is 0 Å². The van der Waals surface area contributed by atoms with Gasteiger partial charge in [-0.2, -0.15) is 0 Å². The standard InChI is InChI=1S/C8H18O/c1-5-7(9)6-8(2,3)4/h7,9H,5-6H2,1-4H3/t7-/m0/s1. The Morgan fingerprint density at radius 2 is 1.78 bits per heavy atom. The van der Waals surface area contributed by atoms with Gasteiger partial charge in [-0.3, -0.25) is 0 Å². The fraction of sp³-hybridized carbons (Fsp3) is 1.00. The summed E-state index contributed by atoms with van der Waals surface area (Å²) in [5.74, 6) is 0. The predicted octanol–water partition coefficient (Wildman–Crippen LogP) is 2.19. The average molecular weight is 130 g/mol. The molecule has 0 aliphatic rings. The van der Waals surface area contributed by atoms with Crippen molar-refractivity contribution in [3.63, 3.8) is 0 Å². The molecule has 0 saturated heterocycles. The predicted molar refractivity (Wildman–Crippen MR) is 40.4 cm³/mol. The topological polar surface area (TPSA) is 20.2 Å². The molecule has 0 aromatic carbocycles. The van der Waals surface area contributed by atoms with E-state index in [1.54, 1.807) is 0 Å². The summed E-state index contributed by atoms with van der Waals surface area (Å²) in [6, 6.07) is 0. The van der Waals surface area contributed by atoms with Crippen LogP contribution in [0.25, 0.3) is 0 Å². The molecule has 0 radical (unpaired) electrons. The van der Waals surface area contributed by atoms with Crippen molar-refractivity contribution in [3.8, 4) is 0 Å². The summed E-state index contributed by atoms with van der Waals surface area (Å²) in [5.41, 5.74) is 0.273. The summed E-state index contributed by atoms with van der Waals surface area (Å²) in [5, 5.41) is 9.19. The third-order valence-electron chi connectivity index (χ3n) is 1.32. The third-order valence-corrected chi connectivity index (χ3v) is 1.32. The maximum Gasteiger partial charge on any atom is 0.0542 e. The molecule has 0 aromatic heterocycles. The number of aliphatic hydroxyl groups is 1. The Hall–Kier alpha value is -0.0400. The van der Waals surface area contributed by atoms with Gasteiger partial charge >= 0.3 is 0 Å². The molecule has 1 atom stereocenters. The van der Waals surface area contributed by atoms with Crippen LogP contribution in [0, 0.1) is 5.41 Å².